The van der Waals surface area contributed by atoms with Crippen molar-refractivity contribution in [3.05, 3.63) is 0 Å². The predicted molar refractivity (Wildman–Crippen MR) is 77.6 cm³/mol. The topological polar surface area (TPSA) is 41.8 Å². The zero-order chi connectivity index (χ0) is 13.2. The molecular formula is C15H26N2O. The van der Waals surface area contributed by atoms with Gasteiger partial charge in [-0.1, -0.05) is 52.4 Å². The number of ketones is 1. The molecule has 1 aliphatic rings. The van der Waals surface area contributed by atoms with Crippen LogP contribution in [0.1, 0.15) is 65.2 Å². The number of carbonyl (C=O) groups excluding carboxylic acids is 1. The van der Waals surface area contributed by atoms with Crippen molar-refractivity contribution in [3.63, 3.8) is 0 Å². The van der Waals surface area contributed by atoms with Crippen molar-refractivity contribution in [3.8, 4) is 0 Å². The third-order valence-electron chi connectivity index (χ3n) is 3.50. The molecule has 3 nitrogen and oxygen atoms in total. The Hall–Kier alpha value is -0.990. The van der Waals surface area contributed by atoms with Gasteiger partial charge in [-0.05, 0) is 12.8 Å². The Kier molecular flexibility index (Phi) is 7.54. The molecule has 1 heterocycles. The summed E-state index contributed by atoms with van der Waals surface area (Å²) in [4.78, 5) is 20.4. The SMILES string of the molecule is CCCCCC(CCCCC)C(=O)C1=NC=NC1. The average molecular weight is 250 g/mol. The van der Waals surface area contributed by atoms with Gasteiger partial charge in [-0.15, -0.1) is 0 Å². The molecule has 0 amide bonds. The maximum atomic E-state index is 12.3. The monoisotopic (exact) mass is 250 g/mol. The van der Waals surface area contributed by atoms with Gasteiger partial charge in [-0.2, -0.15) is 0 Å². The minimum Gasteiger partial charge on any atom is -0.292 e. The Balaban J connectivity index is 2.44. The van der Waals surface area contributed by atoms with E-state index in [1.54, 1.807) is 0 Å². The zero-order valence-corrected chi connectivity index (χ0v) is 11.8. The quantitative estimate of drug-likeness (QED) is 0.543. The maximum Gasteiger partial charge on any atom is 0.182 e. The lowest BCUT2D eigenvalue weighted by Crippen LogP contribution is -2.25. The van der Waals surface area contributed by atoms with Crippen LogP contribution in [0, 0.1) is 5.92 Å². The molecule has 0 aromatic carbocycles. The minimum absolute atomic E-state index is 0.184. The summed E-state index contributed by atoms with van der Waals surface area (Å²) < 4.78 is 0. The molecular weight excluding hydrogens is 224 g/mol. The van der Waals surface area contributed by atoms with Crippen LogP contribution in [-0.4, -0.2) is 24.4 Å². The fourth-order valence-electron chi connectivity index (χ4n) is 2.34. The second-order valence-electron chi connectivity index (χ2n) is 5.08. The molecule has 0 saturated carbocycles. The van der Waals surface area contributed by atoms with E-state index in [1.165, 1.54) is 32.0 Å². The fourth-order valence-corrected chi connectivity index (χ4v) is 2.34. The summed E-state index contributed by atoms with van der Waals surface area (Å²) in [5, 5.41) is 0. The average Bonchev–Trinajstić information content (AvgIpc) is 2.90. The van der Waals surface area contributed by atoms with Crippen LogP contribution in [0.4, 0.5) is 0 Å². The first-order valence-electron chi connectivity index (χ1n) is 7.38. The van der Waals surface area contributed by atoms with Crippen LogP contribution in [0.25, 0.3) is 0 Å². The maximum absolute atomic E-state index is 12.3. The van der Waals surface area contributed by atoms with E-state index in [2.05, 4.69) is 23.8 Å². The Morgan fingerprint density at radius 2 is 1.78 bits per heavy atom. The molecule has 0 unspecified atom stereocenters. The van der Waals surface area contributed by atoms with Crippen LogP contribution in [0.15, 0.2) is 9.98 Å². The molecule has 0 aromatic rings. The lowest BCUT2D eigenvalue weighted by atomic mass is 9.89. The smallest absolute Gasteiger partial charge is 0.182 e. The van der Waals surface area contributed by atoms with Crippen molar-refractivity contribution < 1.29 is 4.79 Å². The molecule has 0 atom stereocenters. The molecule has 1 rings (SSSR count). The van der Waals surface area contributed by atoms with Gasteiger partial charge in [0.15, 0.2) is 5.78 Å². The molecule has 102 valence electrons. The number of Topliss-reactive ketones (excluding diaryl/α,β-unsaturated/α-hetero) is 1. The Bertz CT molecular complexity index is 298. The molecule has 0 radical (unpaired) electrons. The number of aliphatic imine (C=N–C) groups is 2. The summed E-state index contributed by atoms with van der Waals surface area (Å²) in [7, 11) is 0. The molecule has 0 bridgehead atoms. The van der Waals surface area contributed by atoms with Gasteiger partial charge >= 0.3 is 0 Å². The van der Waals surface area contributed by atoms with E-state index in [-0.39, 0.29) is 11.7 Å². The largest absolute Gasteiger partial charge is 0.292 e. The van der Waals surface area contributed by atoms with Crippen molar-refractivity contribution in [1.82, 2.24) is 0 Å². The molecule has 0 fully saturated rings. The molecule has 0 aromatic heterocycles. The Labute approximate surface area is 111 Å². The third kappa shape index (κ3) is 5.11. The molecule has 0 N–H and O–H groups in total. The van der Waals surface area contributed by atoms with E-state index in [0.717, 1.165) is 25.7 Å². The molecule has 1 aliphatic heterocycles. The van der Waals surface area contributed by atoms with Crippen LogP contribution >= 0.6 is 0 Å². The first-order valence-corrected chi connectivity index (χ1v) is 7.38. The summed E-state index contributed by atoms with van der Waals surface area (Å²) in [6, 6.07) is 0. The number of carbonyl (C=O) groups is 1. The lowest BCUT2D eigenvalue weighted by molar-refractivity contribution is -0.117. The van der Waals surface area contributed by atoms with E-state index in [9.17, 15) is 4.79 Å². The van der Waals surface area contributed by atoms with Crippen molar-refractivity contribution in [2.24, 2.45) is 15.9 Å². The third-order valence-corrected chi connectivity index (χ3v) is 3.50. The summed E-state index contributed by atoms with van der Waals surface area (Å²) in [6.45, 7) is 4.89. The van der Waals surface area contributed by atoms with E-state index in [0.29, 0.717) is 12.3 Å². The highest BCUT2D eigenvalue weighted by atomic mass is 16.1. The van der Waals surface area contributed by atoms with Gasteiger partial charge in [-0.25, -0.2) is 4.99 Å². The molecule has 3 heteroatoms. The Morgan fingerprint density at radius 3 is 2.22 bits per heavy atom. The van der Waals surface area contributed by atoms with Crippen LogP contribution < -0.4 is 0 Å². The minimum atomic E-state index is 0.184. The summed E-state index contributed by atoms with van der Waals surface area (Å²) in [5.74, 6) is 0.434. The van der Waals surface area contributed by atoms with Gasteiger partial charge in [0.05, 0.1) is 6.54 Å². The van der Waals surface area contributed by atoms with Crippen LogP contribution in [0.3, 0.4) is 0 Å². The first-order chi connectivity index (χ1) is 8.79. The van der Waals surface area contributed by atoms with Crippen LogP contribution in [-0.2, 0) is 4.79 Å². The predicted octanol–water partition coefficient (Wildman–Crippen LogP) is 3.82. The molecule has 18 heavy (non-hydrogen) atoms. The molecule has 0 aliphatic carbocycles. The van der Waals surface area contributed by atoms with E-state index in [4.69, 9.17) is 0 Å². The van der Waals surface area contributed by atoms with Crippen molar-refractivity contribution in [2.45, 2.75) is 65.2 Å². The van der Waals surface area contributed by atoms with E-state index < -0.39 is 0 Å². The normalized spacial score (nSPS) is 14.3. The van der Waals surface area contributed by atoms with Gasteiger partial charge in [0.2, 0.25) is 0 Å². The number of hydrogen-bond donors (Lipinski definition) is 0. The summed E-state index contributed by atoms with van der Waals surface area (Å²) in [5.41, 5.74) is 0.674. The van der Waals surface area contributed by atoms with Gasteiger partial charge in [0, 0.05) is 5.92 Å². The second kappa shape index (κ2) is 9.01. The first kappa shape index (κ1) is 15.1. The van der Waals surface area contributed by atoms with Gasteiger partial charge in [0.1, 0.15) is 12.1 Å². The van der Waals surface area contributed by atoms with Gasteiger partial charge in [0.25, 0.3) is 0 Å². The van der Waals surface area contributed by atoms with Crippen LogP contribution in [0.5, 0.6) is 0 Å². The number of hydrogen-bond acceptors (Lipinski definition) is 3. The number of nitrogens with zero attached hydrogens (tertiary/aromatic N) is 2. The summed E-state index contributed by atoms with van der Waals surface area (Å²) >= 11 is 0. The van der Waals surface area contributed by atoms with E-state index >= 15 is 0 Å². The molecule has 0 spiro atoms. The summed E-state index contributed by atoms with van der Waals surface area (Å²) in [6.07, 6.45) is 10.7. The Morgan fingerprint density at radius 1 is 1.17 bits per heavy atom. The van der Waals surface area contributed by atoms with Crippen molar-refractivity contribution in [2.75, 3.05) is 6.54 Å². The second-order valence-corrected chi connectivity index (χ2v) is 5.08. The highest BCUT2D eigenvalue weighted by molar-refractivity contribution is 6.43. The van der Waals surface area contributed by atoms with Crippen molar-refractivity contribution >= 4 is 17.8 Å². The fraction of sp³-hybridized carbons (Fsp3) is 0.800. The van der Waals surface area contributed by atoms with Crippen LogP contribution in [0.2, 0.25) is 0 Å². The van der Waals surface area contributed by atoms with Gasteiger partial charge in [-0.3, -0.25) is 9.79 Å². The highest BCUT2D eigenvalue weighted by Gasteiger charge is 2.23. The standard InChI is InChI=1S/C15H26N2O/c1-3-5-7-9-13(10-8-6-4-2)15(18)14-11-16-12-17-14/h12-13H,3-11H2,1-2H3. The van der Waals surface area contributed by atoms with Crippen molar-refractivity contribution in [1.29, 1.82) is 0 Å². The van der Waals surface area contributed by atoms with E-state index in [1.807, 2.05) is 0 Å². The molecule has 0 saturated heterocycles. The highest BCUT2D eigenvalue weighted by Crippen LogP contribution is 2.20. The van der Waals surface area contributed by atoms with Gasteiger partial charge < -0.3 is 0 Å². The zero-order valence-electron chi connectivity index (χ0n) is 11.8. The number of rotatable bonds is 10. The lowest BCUT2D eigenvalue weighted by Gasteiger charge is -2.15. The number of unbranched alkanes of at least 4 members (excludes halogenated alkanes) is 4.